The lowest BCUT2D eigenvalue weighted by Crippen LogP contribution is -2.22. The molecule has 0 saturated heterocycles. The van der Waals surface area contributed by atoms with E-state index < -0.39 is 11.4 Å². The highest BCUT2D eigenvalue weighted by molar-refractivity contribution is 9.10. The van der Waals surface area contributed by atoms with Crippen LogP contribution in [0.5, 0.6) is 0 Å². The van der Waals surface area contributed by atoms with Crippen LogP contribution in [0.4, 0.5) is 0 Å². The van der Waals surface area contributed by atoms with Gasteiger partial charge in [0.1, 0.15) is 0 Å². The maximum absolute atomic E-state index is 11.2. The number of carboxylic acid groups (broad SMARTS) is 1. The summed E-state index contributed by atoms with van der Waals surface area (Å²) in [6.07, 6.45) is 1.37. The Balaban J connectivity index is 1.91. The zero-order chi connectivity index (χ0) is 13.5. The molecule has 0 spiro atoms. The van der Waals surface area contributed by atoms with Gasteiger partial charge >= 0.3 is 5.97 Å². The van der Waals surface area contributed by atoms with Crippen LogP contribution in [0.1, 0.15) is 12.8 Å². The first kappa shape index (κ1) is 12.3. The van der Waals surface area contributed by atoms with Crippen LogP contribution < -0.4 is 0 Å². The molecule has 1 N–H and O–H groups in total. The number of tetrazole rings is 1. The van der Waals surface area contributed by atoms with Gasteiger partial charge in [0.2, 0.25) is 0 Å². The van der Waals surface area contributed by atoms with Gasteiger partial charge in [0.15, 0.2) is 5.82 Å². The van der Waals surface area contributed by atoms with Gasteiger partial charge in [-0.25, -0.2) is 4.68 Å². The third-order valence-corrected chi connectivity index (χ3v) is 3.92. The second-order valence-electron chi connectivity index (χ2n) is 4.75. The first-order valence-corrected chi connectivity index (χ1v) is 6.66. The Bertz CT molecular complexity index is 619. The Labute approximate surface area is 117 Å². The second kappa shape index (κ2) is 4.41. The van der Waals surface area contributed by atoms with Gasteiger partial charge in [-0.3, -0.25) is 4.79 Å². The Morgan fingerprint density at radius 3 is 2.63 bits per heavy atom. The standard InChI is InChI=1S/C12H11BrN4O2/c13-9-3-1-8(2-4-9)10-14-15-16-17(10)7-12(5-6-12)11(18)19/h1-4H,5-7H2,(H,18,19). The molecule has 0 unspecified atom stereocenters. The Kier molecular flexibility index (Phi) is 2.85. The fourth-order valence-corrected chi connectivity index (χ4v) is 2.26. The summed E-state index contributed by atoms with van der Waals surface area (Å²) in [5.74, 6) is -0.176. The molecule has 0 aliphatic heterocycles. The molecule has 7 heteroatoms. The van der Waals surface area contributed by atoms with Gasteiger partial charge in [-0.15, -0.1) is 5.10 Å². The molecule has 2 aromatic rings. The third-order valence-electron chi connectivity index (χ3n) is 3.39. The summed E-state index contributed by atoms with van der Waals surface area (Å²) in [6, 6.07) is 7.59. The average molecular weight is 323 g/mol. The van der Waals surface area contributed by atoms with Crippen LogP contribution in [0.15, 0.2) is 28.7 Å². The predicted molar refractivity (Wildman–Crippen MR) is 70.3 cm³/mol. The molecule has 1 aliphatic rings. The highest BCUT2D eigenvalue weighted by atomic mass is 79.9. The van der Waals surface area contributed by atoms with E-state index in [0.29, 0.717) is 25.2 Å². The number of carbonyl (C=O) groups is 1. The second-order valence-corrected chi connectivity index (χ2v) is 5.67. The van der Waals surface area contributed by atoms with Crippen LogP contribution in [0, 0.1) is 5.41 Å². The topological polar surface area (TPSA) is 80.9 Å². The molecule has 0 amide bonds. The molecule has 1 aromatic carbocycles. The maximum atomic E-state index is 11.2. The van der Waals surface area contributed by atoms with E-state index in [9.17, 15) is 9.90 Å². The van der Waals surface area contributed by atoms with Gasteiger partial charge in [-0.2, -0.15) is 0 Å². The minimum Gasteiger partial charge on any atom is -0.481 e. The van der Waals surface area contributed by atoms with Crippen molar-refractivity contribution in [2.45, 2.75) is 19.4 Å². The minimum absolute atomic E-state index is 0.320. The van der Waals surface area contributed by atoms with Gasteiger partial charge in [-0.1, -0.05) is 28.1 Å². The van der Waals surface area contributed by atoms with E-state index in [1.165, 1.54) is 0 Å². The Morgan fingerprint density at radius 1 is 1.37 bits per heavy atom. The van der Waals surface area contributed by atoms with Gasteiger partial charge in [0, 0.05) is 10.0 Å². The molecule has 0 bridgehead atoms. The van der Waals surface area contributed by atoms with Crippen molar-refractivity contribution < 1.29 is 9.90 Å². The zero-order valence-electron chi connectivity index (χ0n) is 9.95. The van der Waals surface area contributed by atoms with Gasteiger partial charge in [0.25, 0.3) is 0 Å². The van der Waals surface area contributed by atoms with E-state index >= 15 is 0 Å². The normalized spacial score (nSPS) is 16.3. The van der Waals surface area contributed by atoms with E-state index in [-0.39, 0.29) is 0 Å². The number of halogens is 1. The third kappa shape index (κ3) is 2.25. The van der Waals surface area contributed by atoms with Crippen LogP contribution >= 0.6 is 15.9 Å². The average Bonchev–Trinajstić information content (AvgIpc) is 3.03. The van der Waals surface area contributed by atoms with E-state index in [4.69, 9.17) is 0 Å². The van der Waals surface area contributed by atoms with Crippen molar-refractivity contribution in [1.82, 2.24) is 20.2 Å². The molecule has 6 nitrogen and oxygen atoms in total. The van der Waals surface area contributed by atoms with Gasteiger partial charge in [-0.05, 0) is 35.4 Å². The SMILES string of the molecule is O=C(O)C1(Cn2nnnc2-c2ccc(Br)cc2)CC1. The van der Waals surface area contributed by atoms with Gasteiger partial charge < -0.3 is 5.11 Å². The monoisotopic (exact) mass is 322 g/mol. The Morgan fingerprint density at radius 2 is 2.05 bits per heavy atom. The molecular weight excluding hydrogens is 312 g/mol. The van der Waals surface area contributed by atoms with Crippen LogP contribution in [0.3, 0.4) is 0 Å². The first-order chi connectivity index (χ1) is 9.11. The lowest BCUT2D eigenvalue weighted by atomic mass is 10.1. The molecule has 1 aromatic heterocycles. The van der Waals surface area contributed by atoms with Crippen molar-refractivity contribution in [3.63, 3.8) is 0 Å². The number of aliphatic carboxylic acids is 1. The van der Waals surface area contributed by atoms with E-state index in [1.807, 2.05) is 24.3 Å². The molecule has 1 fully saturated rings. The molecule has 3 rings (SSSR count). The molecule has 0 atom stereocenters. The lowest BCUT2D eigenvalue weighted by Gasteiger charge is -2.10. The van der Waals surface area contributed by atoms with Crippen molar-refractivity contribution in [3.8, 4) is 11.4 Å². The van der Waals surface area contributed by atoms with Crippen molar-refractivity contribution in [2.75, 3.05) is 0 Å². The number of rotatable bonds is 4. The van der Waals surface area contributed by atoms with Crippen LogP contribution in [0.25, 0.3) is 11.4 Å². The molecule has 0 radical (unpaired) electrons. The lowest BCUT2D eigenvalue weighted by molar-refractivity contribution is -0.144. The molecular formula is C12H11BrN4O2. The number of aromatic nitrogens is 4. The summed E-state index contributed by atoms with van der Waals surface area (Å²) >= 11 is 3.37. The summed E-state index contributed by atoms with van der Waals surface area (Å²) in [4.78, 5) is 11.2. The molecule has 98 valence electrons. The number of nitrogens with zero attached hydrogens (tertiary/aromatic N) is 4. The Hall–Kier alpha value is -1.76. The highest BCUT2D eigenvalue weighted by Gasteiger charge is 2.51. The van der Waals surface area contributed by atoms with Gasteiger partial charge in [0.05, 0.1) is 12.0 Å². The van der Waals surface area contributed by atoms with E-state index in [0.717, 1.165) is 10.0 Å². The molecule has 1 saturated carbocycles. The number of carboxylic acids is 1. The van der Waals surface area contributed by atoms with Crippen LogP contribution in [-0.4, -0.2) is 31.3 Å². The summed E-state index contributed by atoms with van der Waals surface area (Å²) in [6.45, 7) is 0.320. The zero-order valence-corrected chi connectivity index (χ0v) is 11.5. The maximum Gasteiger partial charge on any atom is 0.311 e. The summed E-state index contributed by atoms with van der Waals surface area (Å²) in [7, 11) is 0. The minimum atomic E-state index is -0.773. The van der Waals surface area contributed by atoms with Crippen molar-refractivity contribution in [3.05, 3.63) is 28.7 Å². The largest absolute Gasteiger partial charge is 0.481 e. The number of hydrogen-bond donors (Lipinski definition) is 1. The summed E-state index contributed by atoms with van der Waals surface area (Å²) < 4.78 is 2.55. The summed E-state index contributed by atoms with van der Waals surface area (Å²) in [5.41, 5.74) is 0.189. The van der Waals surface area contributed by atoms with Crippen molar-refractivity contribution in [2.24, 2.45) is 5.41 Å². The van der Waals surface area contributed by atoms with Crippen LogP contribution in [-0.2, 0) is 11.3 Å². The van der Waals surface area contributed by atoms with Crippen molar-refractivity contribution in [1.29, 1.82) is 0 Å². The molecule has 1 aliphatic carbocycles. The smallest absolute Gasteiger partial charge is 0.311 e. The first-order valence-electron chi connectivity index (χ1n) is 5.86. The van der Waals surface area contributed by atoms with Crippen molar-refractivity contribution >= 4 is 21.9 Å². The number of benzene rings is 1. The quantitative estimate of drug-likeness (QED) is 0.930. The fourth-order valence-electron chi connectivity index (χ4n) is 1.99. The van der Waals surface area contributed by atoms with Crippen LogP contribution in [0.2, 0.25) is 0 Å². The van der Waals surface area contributed by atoms with E-state index in [1.54, 1.807) is 4.68 Å². The number of hydrogen-bond acceptors (Lipinski definition) is 4. The molecule has 1 heterocycles. The predicted octanol–water partition coefficient (Wildman–Crippen LogP) is 1.97. The van der Waals surface area contributed by atoms with E-state index in [2.05, 4.69) is 31.5 Å². The highest BCUT2D eigenvalue weighted by Crippen LogP contribution is 2.47. The molecule has 19 heavy (non-hydrogen) atoms. The fraction of sp³-hybridized carbons (Fsp3) is 0.333. The summed E-state index contributed by atoms with van der Waals surface area (Å²) in [5, 5.41) is 20.7.